The fourth-order valence-corrected chi connectivity index (χ4v) is 2.16. The van der Waals surface area contributed by atoms with E-state index in [2.05, 4.69) is 17.2 Å². The SMILES string of the molecule is C[C@@H](Nc1ccccc1Cl)c1nccs1. The van der Waals surface area contributed by atoms with Crippen LogP contribution in [0.25, 0.3) is 0 Å². The lowest BCUT2D eigenvalue weighted by Gasteiger charge is -2.13. The molecule has 4 heteroatoms. The standard InChI is InChI=1S/C11H11ClN2S/c1-8(11-13-6-7-15-11)14-10-5-3-2-4-9(10)12/h2-8,14H,1H3/t8-/m1/s1. The fourth-order valence-electron chi connectivity index (χ4n) is 1.32. The molecule has 1 aromatic heterocycles. The summed E-state index contributed by atoms with van der Waals surface area (Å²) in [6, 6.07) is 7.90. The van der Waals surface area contributed by atoms with Crippen LogP contribution >= 0.6 is 22.9 Å². The molecule has 1 atom stereocenters. The van der Waals surface area contributed by atoms with Crippen molar-refractivity contribution in [1.82, 2.24) is 4.98 Å². The maximum absolute atomic E-state index is 6.05. The molecule has 1 heterocycles. The van der Waals surface area contributed by atoms with Crippen LogP contribution < -0.4 is 5.32 Å². The molecular formula is C11H11ClN2S. The lowest BCUT2D eigenvalue weighted by molar-refractivity contribution is 0.870. The molecule has 0 aliphatic heterocycles. The van der Waals surface area contributed by atoms with Gasteiger partial charge in [-0.1, -0.05) is 23.7 Å². The second kappa shape index (κ2) is 4.64. The number of anilines is 1. The maximum atomic E-state index is 6.05. The van der Waals surface area contributed by atoms with E-state index in [9.17, 15) is 0 Å². The third-order valence-corrected chi connectivity index (χ3v) is 3.36. The van der Waals surface area contributed by atoms with Crippen molar-refractivity contribution in [2.24, 2.45) is 0 Å². The van der Waals surface area contributed by atoms with E-state index >= 15 is 0 Å². The number of thiazole rings is 1. The molecule has 0 fully saturated rings. The quantitative estimate of drug-likeness (QED) is 0.875. The van der Waals surface area contributed by atoms with Crippen LogP contribution in [0.3, 0.4) is 0 Å². The summed E-state index contributed by atoms with van der Waals surface area (Å²) in [5.74, 6) is 0. The highest BCUT2D eigenvalue weighted by Gasteiger charge is 2.08. The molecule has 0 saturated carbocycles. The van der Waals surface area contributed by atoms with Gasteiger partial charge in [-0.2, -0.15) is 0 Å². The van der Waals surface area contributed by atoms with Crippen molar-refractivity contribution in [3.63, 3.8) is 0 Å². The van der Waals surface area contributed by atoms with Crippen LogP contribution in [0, 0.1) is 0 Å². The number of benzene rings is 1. The van der Waals surface area contributed by atoms with E-state index in [0.29, 0.717) is 0 Å². The molecule has 0 bridgehead atoms. The number of aromatic nitrogens is 1. The van der Waals surface area contributed by atoms with Gasteiger partial charge in [0.1, 0.15) is 5.01 Å². The number of hydrogen-bond acceptors (Lipinski definition) is 3. The maximum Gasteiger partial charge on any atom is 0.115 e. The normalized spacial score (nSPS) is 12.4. The van der Waals surface area contributed by atoms with E-state index in [4.69, 9.17) is 11.6 Å². The van der Waals surface area contributed by atoms with Gasteiger partial charge in [0, 0.05) is 11.6 Å². The molecule has 0 unspecified atom stereocenters. The first-order chi connectivity index (χ1) is 7.27. The van der Waals surface area contributed by atoms with Crippen LogP contribution in [-0.2, 0) is 0 Å². The molecule has 0 aliphatic rings. The molecule has 0 radical (unpaired) electrons. The average molecular weight is 239 g/mol. The topological polar surface area (TPSA) is 24.9 Å². The molecule has 1 aromatic carbocycles. The van der Waals surface area contributed by atoms with Gasteiger partial charge in [0.25, 0.3) is 0 Å². The van der Waals surface area contributed by atoms with Gasteiger partial charge in [0.05, 0.1) is 16.8 Å². The van der Waals surface area contributed by atoms with E-state index in [0.717, 1.165) is 15.7 Å². The minimum atomic E-state index is 0.185. The summed E-state index contributed by atoms with van der Waals surface area (Å²) in [5.41, 5.74) is 0.946. The van der Waals surface area contributed by atoms with Crippen molar-refractivity contribution in [1.29, 1.82) is 0 Å². The second-order valence-corrected chi connectivity index (χ2v) is 4.55. The van der Waals surface area contributed by atoms with Gasteiger partial charge in [-0.05, 0) is 19.1 Å². The minimum Gasteiger partial charge on any atom is -0.375 e. The van der Waals surface area contributed by atoms with Crippen LogP contribution in [0.15, 0.2) is 35.8 Å². The van der Waals surface area contributed by atoms with Gasteiger partial charge in [0.2, 0.25) is 0 Å². The Hall–Kier alpha value is -1.06. The van der Waals surface area contributed by atoms with Crippen molar-refractivity contribution >= 4 is 28.6 Å². The van der Waals surface area contributed by atoms with Crippen LogP contribution in [0.2, 0.25) is 5.02 Å². The number of para-hydroxylation sites is 1. The molecular weight excluding hydrogens is 228 g/mol. The van der Waals surface area contributed by atoms with E-state index in [-0.39, 0.29) is 6.04 Å². The number of halogens is 1. The third-order valence-electron chi connectivity index (χ3n) is 2.07. The first-order valence-corrected chi connectivity index (χ1v) is 5.93. The fraction of sp³-hybridized carbons (Fsp3) is 0.182. The summed E-state index contributed by atoms with van der Waals surface area (Å²) < 4.78 is 0. The smallest absolute Gasteiger partial charge is 0.115 e. The zero-order valence-electron chi connectivity index (χ0n) is 8.27. The van der Waals surface area contributed by atoms with E-state index in [1.54, 1.807) is 11.3 Å². The summed E-state index contributed by atoms with van der Waals surface area (Å²) in [4.78, 5) is 4.25. The molecule has 2 rings (SSSR count). The van der Waals surface area contributed by atoms with Gasteiger partial charge >= 0.3 is 0 Å². The minimum absolute atomic E-state index is 0.185. The Balaban J connectivity index is 2.13. The highest BCUT2D eigenvalue weighted by atomic mass is 35.5. The molecule has 0 aliphatic carbocycles. The molecule has 2 nitrogen and oxygen atoms in total. The largest absolute Gasteiger partial charge is 0.375 e. The lowest BCUT2D eigenvalue weighted by atomic mass is 10.3. The lowest BCUT2D eigenvalue weighted by Crippen LogP contribution is -2.06. The van der Waals surface area contributed by atoms with Crippen LogP contribution in [0.5, 0.6) is 0 Å². The molecule has 0 saturated heterocycles. The Bertz CT molecular complexity index is 428. The second-order valence-electron chi connectivity index (χ2n) is 3.22. The molecule has 2 aromatic rings. The monoisotopic (exact) mass is 238 g/mol. The molecule has 0 spiro atoms. The number of nitrogens with zero attached hydrogens (tertiary/aromatic N) is 1. The van der Waals surface area contributed by atoms with Gasteiger partial charge < -0.3 is 5.32 Å². The zero-order chi connectivity index (χ0) is 10.7. The molecule has 78 valence electrons. The van der Waals surface area contributed by atoms with Crippen molar-refractivity contribution in [3.8, 4) is 0 Å². The molecule has 0 amide bonds. The summed E-state index contributed by atoms with van der Waals surface area (Å²) in [6.45, 7) is 2.07. The van der Waals surface area contributed by atoms with Gasteiger partial charge in [-0.15, -0.1) is 11.3 Å². The van der Waals surface area contributed by atoms with Crippen LogP contribution in [0.1, 0.15) is 18.0 Å². The highest BCUT2D eigenvalue weighted by molar-refractivity contribution is 7.09. The van der Waals surface area contributed by atoms with Gasteiger partial charge in [0.15, 0.2) is 0 Å². The number of nitrogens with one attached hydrogen (secondary N) is 1. The van der Waals surface area contributed by atoms with E-state index in [1.165, 1.54) is 0 Å². The first kappa shape index (κ1) is 10.5. The van der Waals surface area contributed by atoms with Crippen molar-refractivity contribution in [2.75, 3.05) is 5.32 Å². The van der Waals surface area contributed by atoms with Crippen LogP contribution in [0.4, 0.5) is 5.69 Å². The highest BCUT2D eigenvalue weighted by Crippen LogP contribution is 2.26. The number of hydrogen-bond donors (Lipinski definition) is 1. The van der Waals surface area contributed by atoms with Crippen molar-refractivity contribution < 1.29 is 0 Å². The third kappa shape index (κ3) is 2.49. The number of rotatable bonds is 3. The Morgan fingerprint density at radius 3 is 2.87 bits per heavy atom. The summed E-state index contributed by atoms with van der Waals surface area (Å²) in [7, 11) is 0. The summed E-state index contributed by atoms with van der Waals surface area (Å²) in [6.07, 6.45) is 1.81. The zero-order valence-corrected chi connectivity index (χ0v) is 9.85. The predicted octanol–water partition coefficient (Wildman–Crippen LogP) is 3.97. The Morgan fingerprint density at radius 2 is 2.20 bits per heavy atom. The molecule has 15 heavy (non-hydrogen) atoms. The Labute approximate surface area is 97.9 Å². The van der Waals surface area contributed by atoms with Gasteiger partial charge in [-0.3, -0.25) is 0 Å². The van der Waals surface area contributed by atoms with E-state index < -0.39 is 0 Å². The summed E-state index contributed by atoms with van der Waals surface area (Å²) in [5, 5.41) is 7.10. The average Bonchev–Trinajstić information content (AvgIpc) is 2.74. The first-order valence-electron chi connectivity index (χ1n) is 4.68. The Kier molecular flexibility index (Phi) is 3.23. The van der Waals surface area contributed by atoms with Gasteiger partial charge in [-0.25, -0.2) is 4.98 Å². The summed E-state index contributed by atoms with van der Waals surface area (Å²) >= 11 is 7.69. The van der Waals surface area contributed by atoms with Crippen LogP contribution in [-0.4, -0.2) is 4.98 Å². The molecule has 1 N–H and O–H groups in total. The predicted molar refractivity (Wildman–Crippen MR) is 65.6 cm³/mol. The van der Waals surface area contributed by atoms with Crippen molar-refractivity contribution in [3.05, 3.63) is 45.9 Å². The Morgan fingerprint density at radius 1 is 1.40 bits per heavy atom. The van der Waals surface area contributed by atoms with E-state index in [1.807, 2.05) is 35.8 Å². The van der Waals surface area contributed by atoms with Crippen molar-refractivity contribution in [2.45, 2.75) is 13.0 Å².